The number of phenols is 1. The zero-order chi connectivity index (χ0) is 10.7. The minimum Gasteiger partial charge on any atom is -0.506 e. The number of nitrogens with two attached hydrogens (primary N) is 1. The van der Waals surface area contributed by atoms with E-state index in [1.165, 1.54) is 12.1 Å². The molecule has 0 saturated heterocycles. The van der Waals surface area contributed by atoms with Crippen LogP contribution in [0, 0.1) is 6.92 Å². The molecule has 3 N–H and O–H groups in total. The monoisotopic (exact) mass is 195 g/mol. The lowest BCUT2D eigenvalue weighted by Gasteiger charge is -2.08. The third-order valence-electron chi connectivity index (χ3n) is 1.99. The summed E-state index contributed by atoms with van der Waals surface area (Å²) in [7, 11) is 0. The lowest BCUT2D eigenvalue weighted by Crippen LogP contribution is -2.08. The highest BCUT2D eigenvalue weighted by atomic mass is 16.5. The predicted molar refractivity (Wildman–Crippen MR) is 53.2 cm³/mol. The van der Waals surface area contributed by atoms with E-state index in [1.54, 1.807) is 13.8 Å². The molecule has 0 amide bonds. The summed E-state index contributed by atoms with van der Waals surface area (Å²) < 4.78 is 4.83. The van der Waals surface area contributed by atoms with E-state index in [0.717, 1.165) is 0 Å². The van der Waals surface area contributed by atoms with Gasteiger partial charge in [-0.15, -0.1) is 0 Å². The first-order chi connectivity index (χ1) is 6.57. The van der Waals surface area contributed by atoms with Crippen LogP contribution < -0.4 is 5.73 Å². The van der Waals surface area contributed by atoms with E-state index >= 15 is 0 Å². The fourth-order valence-electron chi connectivity index (χ4n) is 1.14. The maximum absolute atomic E-state index is 11.4. The average Bonchev–Trinajstić information content (AvgIpc) is 2.15. The summed E-state index contributed by atoms with van der Waals surface area (Å²) in [5, 5.41) is 9.26. The molecule has 0 radical (unpaired) electrons. The maximum Gasteiger partial charge on any atom is 0.338 e. The summed E-state index contributed by atoms with van der Waals surface area (Å²) in [6.45, 7) is 3.72. The Morgan fingerprint density at radius 1 is 1.57 bits per heavy atom. The summed E-state index contributed by atoms with van der Waals surface area (Å²) in [6.07, 6.45) is 0. The standard InChI is InChI=1S/C10H13NO3/c1-3-14-10(13)7-4-5-8(12)9(11)6(7)2/h4-5,12H,3,11H2,1-2H3. The van der Waals surface area contributed by atoms with Gasteiger partial charge in [-0.2, -0.15) is 0 Å². The Kier molecular flexibility index (Phi) is 2.96. The van der Waals surface area contributed by atoms with Crippen molar-refractivity contribution in [3.05, 3.63) is 23.3 Å². The van der Waals surface area contributed by atoms with Gasteiger partial charge < -0.3 is 15.6 Å². The SMILES string of the molecule is CCOC(=O)c1ccc(O)c(N)c1C. The number of rotatable bonds is 2. The molecular weight excluding hydrogens is 182 g/mol. The minimum atomic E-state index is -0.420. The number of esters is 1. The molecule has 0 fully saturated rings. The number of carbonyl (C=O) groups excluding carboxylic acids is 1. The van der Waals surface area contributed by atoms with Crippen LogP contribution in [0.1, 0.15) is 22.8 Å². The van der Waals surface area contributed by atoms with Gasteiger partial charge >= 0.3 is 5.97 Å². The molecule has 0 bridgehead atoms. The van der Waals surface area contributed by atoms with Gasteiger partial charge in [0.2, 0.25) is 0 Å². The first kappa shape index (κ1) is 10.4. The van der Waals surface area contributed by atoms with E-state index in [2.05, 4.69) is 0 Å². The third kappa shape index (κ3) is 1.79. The normalized spacial score (nSPS) is 9.86. The largest absolute Gasteiger partial charge is 0.506 e. The molecule has 0 aliphatic carbocycles. The van der Waals surface area contributed by atoms with Crippen molar-refractivity contribution in [2.24, 2.45) is 0 Å². The molecule has 0 spiro atoms. The molecule has 0 heterocycles. The number of hydrogen-bond donors (Lipinski definition) is 2. The van der Waals surface area contributed by atoms with Gasteiger partial charge in [0.25, 0.3) is 0 Å². The summed E-state index contributed by atoms with van der Waals surface area (Å²) in [6, 6.07) is 2.88. The number of ether oxygens (including phenoxy) is 1. The van der Waals surface area contributed by atoms with Gasteiger partial charge in [-0.05, 0) is 31.5 Å². The predicted octanol–water partition coefficient (Wildman–Crippen LogP) is 1.46. The molecular formula is C10H13NO3. The van der Waals surface area contributed by atoms with E-state index in [0.29, 0.717) is 17.7 Å². The zero-order valence-electron chi connectivity index (χ0n) is 8.20. The Balaban J connectivity index is 3.11. The minimum absolute atomic E-state index is 0.0180. The maximum atomic E-state index is 11.4. The van der Waals surface area contributed by atoms with Crippen molar-refractivity contribution in [1.82, 2.24) is 0 Å². The second-order valence-electron chi connectivity index (χ2n) is 2.89. The Labute approximate surface area is 82.3 Å². The molecule has 76 valence electrons. The zero-order valence-corrected chi connectivity index (χ0v) is 8.20. The van der Waals surface area contributed by atoms with Crippen molar-refractivity contribution in [2.45, 2.75) is 13.8 Å². The van der Waals surface area contributed by atoms with Crippen molar-refractivity contribution in [2.75, 3.05) is 12.3 Å². The first-order valence-electron chi connectivity index (χ1n) is 4.33. The molecule has 0 aliphatic heterocycles. The number of phenolic OH excluding ortho intramolecular Hbond substituents is 1. The van der Waals surface area contributed by atoms with Crippen LogP contribution in [0.5, 0.6) is 5.75 Å². The van der Waals surface area contributed by atoms with E-state index in [1.807, 2.05) is 0 Å². The topological polar surface area (TPSA) is 72.5 Å². The van der Waals surface area contributed by atoms with Crippen LogP contribution in [0.2, 0.25) is 0 Å². The van der Waals surface area contributed by atoms with E-state index in [-0.39, 0.29) is 11.4 Å². The van der Waals surface area contributed by atoms with Gasteiger partial charge in [0.15, 0.2) is 0 Å². The Bertz CT molecular complexity index is 361. The molecule has 0 aliphatic rings. The van der Waals surface area contributed by atoms with Gasteiger partial charge in [-0.3, -0.25) is 0 Å². The second-order valence-corrected chi connectivity index (χ2v) is 2.89. The fraction of sp³-hybridized carbons (Fsp3) is 0.300. The van der Waals surface area contributed by atoms with E-state index in [4.69, 9.17) is 10.5 Å². The molecule has 0 atom stereocenters. The van der Waals surface area contributed by atoms with Crippen LogP contribution in [0.3, 0.4) is 0 Å². The quantitative estimate of drug-likeness (QED) is 0.425. The van der Waals surface area contributed by atoms with Gasteiger partial charge in [-0.25, -0.2) is 4.79 Å². The van der Waals surface area contributed by atoms with Gasteiger partial charge in [0, 0.05) is 0 Å². The summed E-state index contributed by atoms with van der Waals surface area (Å²) in [5.41, 5.74) is 6.71. The Hall–Kier alpha value is -1.71. The molecule has 4 nitrogen and oxygen atoms in total. The number of anilines is 1. The molecule has 0 saturated carbocycles. The highest BCUT2D eigenvalue weighted by Crippen LogP contribution is 2.26. The Morgan fingerprint density at radius 2 is 2.21 bits per heavy atom. The molecule has 1 aromatic rings. The molecule has 0 unspecified atom stereocenters. The highest BCUT2D eigenvalue weighted by Gasteiger charge is 2.13. The van der Waals surface area contributed by atoms with Crippen LogP contribution >= 0.6 is 0 Å². The average molecular weight is 195 g/mol. The van der Waals surface area contributed by atoms with Gasteiger partial charge in [0.1, 0.15) is 5.75 Å². The fourth-order valence-corrected chi connectivity index (χ4v) is 1.14. The summed E-state index contributed by atoms with van der Waals surface area (Å²) in [4.78, 5) is 11.4. The Morgan fingerprint density at radius 3 is 2.79 bits per heavy atom. The lowest BCUT2D eigenvalue weighted by molar-refractivity contribution is 0.0525. The van der Waals surface area contributed by atoms with Crippen molar-refractivity contribution in [1.29, 1.82) is 0 Å². The second kappa shape index (κ2) is 4.00. The number of benzene rings is 1. The van der Waals surface area contributed by atoms with Crippen LogP contribution in [-0.4, -0.2) is 17.7 Å². The van der Waals surface area contributed by atoms with Crippen molar-refractivity contribution >= 4 is 11.7 Å². The van der Waals surface area contributed by atoms with Crippen LogP contribution in [-0.2, 0) is 4.74 Å². The van der Waals surface area contributed by atoms with E-state index < -0.39 is 5.97 Å². The van der Waals surface area contributed by atoms with Crippen LogP contribution in [0.25, 0.3) is 0 Å². The van der Waals surface area contributed by atoms with Crippen LogP contribution in [0.15, 0.2) is 12.1 Å². The molecule has 1 rings (SSSR count). The first-order valence-corrected chi connectivity index (χ1v) is 4.33. The van der Waals surface area contributed by atoms with E-state index in [9.17, 15) is 9.90 Å². The third-order valence-corrected chi connectivity index (χ3v) is 1.99. The number of aromatic hydroxyl groups is 1. The lowest BCUT2D eigenvalue weighted by atomic mass is 10.1. The van der Waals surface area contributed by atoms with Gasteiger partial charge in [-0.1, -0.05) is 0 Å². The van der Waals surface area contributed by atoms with Crippen molar-refractivity contribution in [3.63, 3.8) is 0 Å². The molecule has 4 heteroatoms. The molecule has 0 aromatic heterocycles. The summed E-state index contributed by atoms with van der Waals surface area (Å²) >= 11 is 0. The number of hydrogen-bond acceptors (Lipinski definition) is 4. The van der Waals surface area contributed by atoms with Crippen LogP contribution in [0.4, 0.5) is 5.69 Å². The van der Waals surface area contributed by atoms with Gasteiger partial charge in [0.05, 0.1) is 17.9 Å². The number of carbonyl (C=O) groups is 1. The molecule has 1 aromatic carbocycles. The summed E-state index contributed by atoms with van der Waals surface area (Å²) in [5.74, 6) is -0.438. The van der Waals surface area contributed by atoms with Crippen molar-refractivity contribution in [3.8, 4) is 5.75 Å². The van der Waals surface area contributed by atoms with Crippen molar-refractivity contribution < 1.29 is 14.6 Å². The molecule has 14 heavy (non-hydrogen) atoms. The highest BCUT2D eigenvalue weighted by molar-refractivity contribution is 5.93. The smallest absolute Gasteiger partial charge is 0.338 e. The number of nitrogen functional groups attached to an aromatic ring is 1.